The van der Waals surface area contributed by atoms with Crippen molar-refractivity contribution >= 4 is 21.8 Å². The summed E-state index contributed by atoms with van der Waals surface area (Å²) in [5, 5.41) is 2.45. The molecule has 2 aromatic heterocycles. The zero-order valence-electron chi connectivity index (χ0n) is 32.6. The second-order valence-electron chi connectivity index (χ2n) is 16.4. The van der Waals surface area contributed by atoms with Crippen LogP contribution in [0.2, 0.25) is 0 Å². The summed E-state index contributed by atoms with van der Waals surface area (Å²) in [5.74, 6) is 2.19. The summed E-state index contributed by atoms with van der Waals surface area (Å²) in [6.45, 7) is 0. The lowest BCUT2D eigenvalue weighted by Crippen LogP contribution is -2.58. The van der Waals surface area contributed by atoms with Gasteiger partial charge >= 0.3 is 0 Å². The molecule has 2 heterocycles. The molecule has 0 radical (unpaired) electrons. The van der Waals surface area contributed by atoms with E-state index in [9.17, 15) is 0 Å². The van der Waals surface area contributed by atoms with E-state index < -0.39 is 0 Å². The van der Waals surface area contributed by atoms with Crippen LogP contribution in [0.25, 0.3) is 83.9 Å². The van der Waals surface area contributed by atoms with Crippen LogP contribution < -0.4 is 0 Å². The van der Waals surface area contributed by atoms with Gasteiger partial charge in [-0.3, -0.25) is 0 Å². The van der Waals surface area contributed by atoms with E-state index in [1.807, 2.05) is 36.4 Å². The van der Waals surface area contributed by atoms with Gasteiger partial charge in [0.25, 0.3) is 0 Å². The van der Waals surface area contributed by atoms with Gasteiger partial charge in [-0.1, -0.05) is 170 Å². The highest BCUT2D eigenvalue weighted by atomic mass is 15.0. The van der Waals surface area contributed by atoms with E-state index in [4.69, 9.17) is 15.0 Å². The minimum absolute atomic E-state index is 0.133. The number of para-hydroxylation sites is 2. The Morgan fingerprint density at radius 3 is 1.88 bits per heavy atom. The first kappa shape index (κ1) is 33.3. The van der Waals surface area contributed by atoms with Gasteiger partial charge in [0.2, 0.25) is 0 Å². The van der Waals surface area contributed by atoms with Crippen LogP contribution in [0, 0.1) is 11.3 Å². The van der Waals surface area contributed by atoms with E-state index in [2.05, 4.69) is 181 Å². The van der Waals surface area contributed by atoms with Crippen LogP contribution in [0.4, 0.5) is 0 Å². The smallest absolute Gasteiger partial charge is 0.164 e. The number of nitrogens with zero attached hydrogens (tertiary/aromatic N) is 4. The normalized spacial score (nSPS) is 20.2. The molecule has 0 aliphatic heterocycles. The highest BCUT2D eigenvalue weighted by Crippen LogP contribution is 2.75. The summed E-state index contributed by atoms with van der Waals surface area (Å²) < 4.78 is 2.38. The summed E-state index contributed by atoms with van der Waals surface area (Å²) in [5.41, 5.74) is 14.8. The Morgan fingerprint density at radius 1 is 0.450 bits per heavy atom. The van der Waals surface area contributed by atoms with Crippen molar-refractivity contribution in [2.24, 2.45) is 11.3 Å². The molecule has 0 bridgehead atoms. The molecular formula is C56H36N4. The van der Waals surface area contributed by atoms with Gasteiger partial charge in [0.15, 0.2) is 17.5 Å². The number of hydrogen-bond acceptors (Lipinski definition) is 3. The van der Waals surface area contributed by atoms with Gasteiger partial charge in [0.05, 0.1) is 16.4 Å². The summed E-state index contributed by atoms with van der Waals surface area (Å²) in [6.07, 6.45) is 16.4. The summed E-state index contributed by atoms with van der Waals surface area (Å²) in [7, 11) is 0. The molecule has 4 aliphatic rings. The Balaban J connectivity index is 1.12. The molecule has 0 saturated heterocycles. The number of allylic oxidation sites excluding steroid dienone is 8. The van der Waals surface area contributed by atoms with E-state index in [1.165, 1.54) is 49.6 Å². The third-order valence-electron chi connectivity index (χ3n) is 13.4. The molecule has 9 aromatic rings. The lowest BCUT2D eigenvalue weighted by molar-refractivity contribution is 0.186. The average Bonchev–Trinajstić information content (AvgIpc) is 3.95. The van der Waals surface area contributed by atoms with Crippen molar-refractivity contribution in [3.63, 3.8) is 0 Å². The summed E-state index contributed by atoms with van der Waals surface area (Å²) >= 11 is 0. The Labute approximate surface area is 347 Å². The predicted molar refractivity (Wildman–Crippen MR) is 244 cm³/mol. The zero-order chi connectivity index (χ0) is 39.4. The molecule has 60 heavy (non-hydrogen) atoms. The van der Waals surface area contributed by atoms with E-state index in [0.29, 0.717) is 17.5 Å². The zero-order valence-corrected chi connectivity index (χ0v) is 32.6. The van der Waals surface area contributed by atoms with E-state index >= 15 is 0 Å². The highest BCUT2D eigenvalue weighted by molar-refractivity contribution is 6.11. The lowest BCUT2D eigenvalue weighted by Gasteiger charge is -2.62. The molecule has 1 saturated carbocycles. The van der Waals surface area contributed by atoms with Crippen LogP contribution in [-0.2, 0) is 5.41 Å². The first-order valence-electron chi connectivity index (χ1n) is 20.7. The fraction of sp³-hybridized carbons (Fsp3) is 0.0536. The topological polar surface area (TPSA) is 43.6 Å². The second kappa shape index (κ2) is 12.4. The van der Waals surface area contributed by atoms with E-state index in [-0.39, 0.29) is 16.7 Å². The Bertz CT molecular complexity index is 3320. The van der Waals surface area contributed by atoms with Gasteiger partial charge in [-0.15, -0.1) is 0 Å². The highest BCUT2D eigenvalue weighted by Gasteiger charge is 2.69. The number of fused-ring (bicyclic) bond motifs is 10. The van der Waals surface area contributed by atoms with Gasteiger partial charge < -0.3 is 4.57 Å². The van der Waals surface area contributed by atoms with Crippen molar-refractivity contribution in [1.29, 1.82) is 0 Å². The molecule has 4 aliphatic carbocycles. The maximum absolute atomic E-state index is 5.37. The maximum Gasteiger partial charge on any atom is 0.164 e. The van der Waals surface area contributed by atoms with Crippen LogP contribution in [0.1, 0.15) is 11.1 Å². The van der Waals surface area contributed by atoms with Crippen molar-refractivity contribution in [3.8, 4) is 62.1 Å². The first-order chi connectivity index (χ1) is 29.7. The first-order valence-corrected chi connectivity index (χ1v) is 20.7. The molecule has 0 amide bonds. The van der Waals surface area contributed by atoms with Crippen LogP contribution in [0.3, 0.4) is 0 Å². The van der Waals surface area contributed by atoms with Crippen LogP contribution in [0.5, 0.6) is 0 Å². The summed E-state index contributed by atoms with van der Waals surface area (Å²) in [6, 6.07) is 60.8. The van der Waals surface area contributed by atoms with Crippen molar-refractivity contribution < 1.29 is 0 Å². The number of hydrogen-bond donors (Lipinski definition) is 0. The van der Waals surface area contributed by atoms with Crippen LogP contribution >= 0.6 is 0 Å². The number of benzene rings is 7. The SMILES string of the molecule is C1=CC2C3(C=C1)C=CC=C3C21c2ccccc2-c2c(-c3nc(-c4ccccc4)nc(-c4ccccc4)n3)cc(-c3ccc4c(c3)c3ccccc3n4-c3ccccc3)cc21. The Hall–Kier alpha value is -7.69. The van der Waals surface area contributed by atoms with E-state index in [1.54, 1.807) is 0 Å². The molecule has 1 fully saturated rings. The molecule has 280 valence electrons. The van der Waals surface area contributed by atoms with Gasteiger partial charge in [-0.05, 0) is 81.4 Å². The Morgan fingerprint density at radius 2 is 1.10 bits per heavy atom. The predicted octanol–water partition coefficient (Wildman–Crippen LogP) is 13.1. The van der Waals surface area contributed by atoms with Crippen molar-refractivity contribution in [3.05, 3.63) is 229 Å². The quantitative estimate of drug-likeness (QED) is 0.175. The largest absolute Gasteiger partial charge is 0.309 e. The van der Waals surface area contributed by atoms with Gasteiger partial charge in [-0.2, -0.15) is 0 Å². The minimum atomic E-state index is -0.355. The lowest BCUT2D eigenvalue weighted by atomic mass is 9.39. The third-order valence-corrected chi connectivity index (χ3v) is 13.4. The molecule has 3 atom stereocenters. The summed E-state index contributed by atoms with van der Waals surface area (Å²) in [4.78, 5) is 15.8. The molecule has 0 N–H and O–H groups in total. The molecule has 13 rings (SSSR count). The third kappa shape index (κ3) is 4.42. The number of rotatable bonds is 5. The van der Waals surface area contributed by atoms with Gasteiger partial charge in [0.1, 0.15) is 0 Å². The molecular weight excluding hydrogens is 729 g/mol. The van der Waals surface area contributed by atoms with Crippen LogP contribution in [-0.4, -0.2) is 19.5 Å². The molecule has 7 aromatic carbocycles. The molecule has 4 heteroatoms. The Kier molecular flexibility index (Phi) is 6.89. The van der Waals surface area contributed by atoms with Crippen LogP contribution in [0.15, 0.2) is 218 Å². The minimum Gasteiger partial charge on any atom is -0.309 e. The molecule has 2 spiro atoms. The van der Waals surface area contributed by atoms with Crippen molar-refractivity contribution in [2.45, 2.75) is 5.41 Å². The standard InChI is InChI=1S/C56H36N4/c1-4-17-36(18-5-1)52-57-53(37-19-6-2-7-20-37)59-54(58-52)44-34-39(38-29-30-48-43(33-38)41-23-11-13-26-47(41)60(48)40-21-8-3-9-22-40)35-46-51(44)42-24-10-12-25-45(42)56(46)49-27-14-15-31-55(49)32-16-28-50(55)56/h1-35,49H. The number of aromatic nitrogens is 4. The fourth-order valence-corrected chi connectivity index (χ4v) is 11.0. The van der Waals surface area contributed by atoms with Crippen molar-refractivity contribution in [1.82, 2.24) is 19.5 Å². The monoisotopic (exact) mass is 764 g/mol. The van der Waals surface area contributed by atoms with Gasteiger partial charge in [0, 0.05) is 44.5 Å². The van der Waals surface area contributed by atoms with Gasteiger partial charge in [-0.25, -0.2) is 15.0 Å². The molecule has 4 nitrogen and oxygen atoms in total. The van der Waals surface area contributed by atoms with E-state index in [0.717, 1.165) is 33.5 Å². The second-order valence-corrected chi connectivity index (χ2v) is 16.4. The maximum atomic E-state index is 5.37. The average molecular weight is 765 g/mol. The van der Waals surface area contributed by atoms with Crippen molar-refractivity contribution in [2.75, 3.05) is 0 Å². The molecule has 3 unspecified atom stereocenters. The fourth-order valence-electron chi connectivity index (χ4n) is 11.0.